The average Bonchev–Trinajstić information content (AvgIpc) is 2.50. The van der Waals surface area contributed by atoms with Gasteiger partial charge < -0.3 is 9.84 Å². The second-order valence-corrected chi connectivity index (χ2v) is 2.12. The monoisotopic (exact) mass is 150 g/mol. The van der Waals surface area contributed by atoms with Gasteiger partial charge in [0.05, 0.1) is 5.69 Å². The normalized spacial score (nSPS) is 9.36. The molecule has 0 amide bonds. The summed E-state index contributed by atoms with van der Waals surface area (Å²) in [6.07, 6.45) is 7.37. The number of terminal acetylenes is 1. The molecule has 1 aromatic heterocycles. The van der Waals surface area contributed by atoms with Crippen molar-refractivity contribution in [1.82, 2.24) is 10.5 Å². The summed E-state index contributed by atoms with van der Waals surface area (Å²) >= 11 is 0. The van der Waals surface area contributed by atoms with Crippen LogP contribution in [0.5, 0.6) is 0 Å². The molecule has 0 fully saturated rings. The van der Waals surface area contributed by atoms with E-state index in [0.29, 0.717) is 0 Å². The maximum absolute atomic E-state index is 5.06. The zero-order valence-electron chi connectivity index (χ0n) is 6.21. The van der Waals surface area contributed by atoms with Crippen molar-refractivity contribution < 1.29 is 4.52 Å². The quantitative estimate of drug-likeness (QED) is 0.509. The molecule has 0 saturated heterocycles. The molecule has 0 unspecified atom stereocenters. The van der Waals surface area contributed by atoms with Crippen molar-refractivity contribution in [2.24, 2.45) is 0 Å². The number of rotatable bonds is 4. The molecule has 1 rings (SSSR count). The first-order valence-electron chi connectivity index (χ1n) is 3.47. The molecule has 0 aliphatic carbocycles. The van der Waals surface area contributed by atoms with E-state index in [1.165, 1.54) is 0 Å². The Bertz CT molecular complexity index is 223. The molecule has 3 nitrogen and oxygen atoms in total. The van der Waals surface area contributed by atoms with Gasteiger partial charge in [0.15, 0.2) is 0 Å². The zero-order valence-corrected chi connectivity index (χ0v) is 6.21. The topological polar surface area (TPSA) is 38.1 Å². The van der Waals surface area contributed by atoms with E-state index in [1.807, 2.05) is 6.07 Å². The van der Waals surface area contributed by atoms with Crippen LogP contribution in [0.4, 0.5) is 0 Å². The Labute approximate surface area is 65.8 Å². The van der Waals surface area contributed by atoms with Crippen molar-refractivity contribution in [2.45, 2.75) is 13.0 Å². The van der Waals surface area contributed by atoms with Crippen molar-refractivity contribution in [2.75, 3.05) is 6.54 Å². The summed E-state index contributed by atoms with van der Waals surface area (Å²) in [4.78, 5) is 0. The summed E-state index contributed by atoms with van der Waals surface area (Å²) in [6, 6.07) is 1.82. The van der Waals surface area contributed by atoms with Crippen LogP contribution < -0.4 is 5.32 Å². The minimum absolute atomic E-state index is 0.720. The lowest BCUT2D eigenvalue weighted by Gasteiger charge is -1.96. The van der Waals surface area contributed by atoms with Gasteiger partial charge in [0, 0.05) is 25.6 Å². The van der Waals surface area contributed by atoms with Crippen LogP contribution in [-0.4, -0.2) is 11.7 Å². The van der Waals surface area contributed by atoms with E-state index in [2.05, 4.69) is 20.9 Å². The van der Waals surface area contributed by atoms with Crippen LogP contribution in [0.2, 0.25) is 0 Å². The third-order valence-corrected chi connectivity index (χ3v) is 1.24. The molecule has 1 N–H and O–H groups in total. The molecule has 0 radical (unpaired) electrons. The fourth-order valence-corrected chi connectivity index (χ4v) is 0.706. The lowest BCUT2D eigenvalue weighted by Crippen LogP contribution is -2.14. The first-order chi connectivity index (χ1) is 5.43. The summed E-state index contributed by atoms with van der Waals surface area (Å²) in [5.74, 6) is 2.54. The van der Waals surface area contributed by atoms with E-state index in [0.717, 1.165) is 25.2 Å². The van der Waals surface area contributed by atoms with Crippen molar-refractivity contribution in [1.29, 1.82) is 0 Å². The zero-order chi connectivity index (χ0) is 7.94. The highest BCUT2D eigenvalue weighted by molar-refractivity contribution is 4.94. The third-order valence-electron chi connectivity index (χ3n) is 1.24. The molecular weight excluding hydrogens is 140 g/mol. The highest BCUT2D eigenvalue weighted by atomic mass is 16.5. The molecule has 3 heteroatoms. The summed E-state index contributed by atoms with van der Waals surface area (Å²) in [6.45, 7) is 1.54. The summed E-state index contributed by atoms with van der Waals surface area (Å²) < 4.78 is 4.64. The standard InChI is InChI=1S/C8H10N2O/c1-2-3-5-9-7-8-4-6-11-10-8/h1,4,6,9H,3,5,7H2. The predicted octanol–water partition coefficient (Wildman–Crippen LogP) is 0.787. The molecule has 0 bridgehead atoms. The fraction of sp³-hybridized carbons (Fsp3) is 0.375. The first-order valence-corrected chi connectivity index (χ1v) is 3.47. The Morgan fingerprint density at radius 1 is 1.73 bits per heavy atom. The Kier molecular flexibility index (Phi) is 3.23. The molecular formula is C8H10N2O. The van der Waals surface area contributed by atoms with E-state index in [1.54, 1.807) is 6.26 Å². The minimum Gasteiger partial charge on any atom is -0.364 e. The molecule has 0 aromatic carbocycles. The van der Waals surface area contributed by atoms with Crippen LogP contribution in [0.1, 0.15) is 12.1 Å². The largest absolute Gasteiger partial charge is 0.364 e. The predicted molar refractivity (Wildman–Crippen MR) is 41.7 cm³/mol. The Morgan fingerprint density at radius 3 is 3.27 bits per heavy atom. The lowest BCUT2D eigenvalue weighted by molar-refractivity contribution is 0.409. The van der Waals surface area contributed by atoms with Gasteiger partial charge in [-0.25, -0.2) is 0 Å². The lowest BCUT2D eigenvalue weighted by atomic mass is 10.4. The Balaban J connectivity index is 2.10. The second-order valence-electron chi connectivity index (χ2n) is 2.12. The maximum Gasteiger partial charge on any atom is 0.124 e. The average molecular weight is 150 g/mol. The second kappa shape index (κ2) is 4.53. The van der Waals surface area contributed by atoms with Gasteiger partial charge in [-0.3, -0.25) is 0 Å². The summed E-state index contributed by atoms with van der Waals surface area (Å²) in [5, 5.41) is 6.85. The van der Waals surface area contributed by atoms with Crippen LogP contribution in [0, 0.1) is 12.3 Å². The number of hydrogen-bond donors (Lipinski definition) is 1. The van der Waals surface area contributed by atoms with Crippen LogP contribution in [0.25, 0.3) is 0 Å². The first kappa shape index (κ1) is 7.83. The summed E-state index contributed by atoms with van der Waals surface area (Å²) in [7, 11) is 0. The van der Waals surface area contributed by atoms with E-state index in [-0.39, 0.29) is 0 Å². The van der Waals surface area contributed by atoms with Crippen LogP contribution in [-0.2, 0) is 6.54 Å². The molecule has 0 spiro atoms. The number of aromatic nitrogens is 1. The van der Waals surface area contributed by atoms with Crippen molar-refractivity contribution >= 4 is 0 Å². The summed E-state index contributed by atoms with van der Waals surface area (Å²) in [5.41, 5.74) is 0.905. The van der Waals surface area contributed by atoms with Crippen LogP contribution in [0.3, 0.4) is 0 Å². The van der Waals surface area contributed by atoms with Gasteiger partial charge in [0.2, 0.25) is 0 Å². The molecule has 0 aliphatic rings. The van der Waals surface area contributed by atoms with Gasteiger partial charge in [-0.15, -0.1) is 12.3 Å². The van der Waals surface area contributed by atoms with E-state index in [9.17, 15) is 0 Å². The Hall–Kier alpha value is -1.27. The van der Waals surface area contributed by atoms with E-state index < -0.39 is 0 Å². The van der Waals surface area contributed by atoms with Gasteiger partial charge >= 0.3 is 0 Å². The maximum atomic E-state index is 5.06. The van der Waals surface area contributed by atoms with Gasteiger partial charge in [0.1, 0.15) is 6.26 Å². The molecule has 0 saturated carbocycles. The van der Waals surface area contributed by atoms with E-state index >= 15 is 0 Å². The molecule has 11 heavy (non-hydrogen) atoms. The molecule has 1 aromatic rings. The number of nitrogens with zero attached hydrogens (tertiary/aromatic N) is 1. The fourth-order valence-electron chi connectivity index (χ4n) is 0.706. The SMILES string of the molecule is C#CCCNCc1ccon1. The highest BCUT2D eigenvalue weighted by Crippen LogP contribution is 1.92. The highest BCUT2D eigenvalue weighted by Gasteiger charge is 1.92. The van der Waals surface area contributed by atoms with Crippen molar-refractivity contribution in [3.05, 3.63) is 18.0 Å². The van der Waals surface area contributed by atoms with Crippen molar-refractivity contribution in [3.63, 3.8) is 0 Å². The van der Waals surface area contributed by atoms with Gasteiger partial charge in [0.25, 0.3) is 0 Å². The van der Waals surface area contributed by atoms with Crippen molar-refractivity contribution in [3.8, 4) is 12.3 Å². The van der Waals surface area contributed by atoms with E-state index in [4.69, 9.17) is 6.42 Å². The molecule has 1 heterocycles. The number of nitrogens with one attached hydrogen (secondary N) is 1. The van der Waals surface area contributed by atoms with Gasteiger partial charge in [-0.05, 0) is 0 Å². The minimum atomic E-state index is 0.720. The van der Waals surface area contributed by atoms with Gasteiger partial charge in [-0.2, -0.15) is 0 Å². The van der Waals surface area contributed by atoms with Crippen LogP contribution >= 0.6 is 0 Å². The smallest absolute Gasteiger partial charge is 0.124 e. The van der Waals surface area contributed by atoms with Gasteiger partial charge in [-0.1, -0.05) is 5.16 Å². The number of hydrogen-bond acceptors (Lipinski definition) is 3. The molecule has 58 valence electrons. The third kappa shape index (κ3) is 2.87. The molecule has 0 atom stereocenters. The van der Waals surface area contributed by atoms with Crippen LogP contribution in [0.15, 0.2) is 16.9 Å². The Morgan fingerprint density at radius 2 is 2.64 bits per heavy atom. The molecule has 0 aliphatic heterocycles.